The monoisotopic (exact) mass is 825 g/mol. The molecule has 58 heavy (non-hydrogen) atoms. The largest absolute Gasteiger partial charge is 0.390 e. The summed E-state index contributed by atoms with van der Waals surface area (Å²) in [6, 6.07) is -3.72. The minimum atomic E-state index is -2.13. The van der Waals surface area contributed by atoms with Gasteiger partial charge in [0.05, 0.1) is 42.6 Å². The van der Waals surface area contributed by atoms with E-state index in [1.807, 2.05) is 0 Å². The molecule has 5 aliphatic carbocycles. The maximum absolute atomic E-state index is 17.6. The molecule has 6 fully saturated rings. The highest BCUT2D eigenvalue weighted by Gasteiger charge is 2.75. The Morgan fingerprint density at radius 2 is 1.53 bits per heavy atom. The summed E-state index contributed by atoms with van der Waals surface area (Å²) in [7, 11) is 0. The molecule has 0 radical (unpaired) electrons. The van der Waals surface area contributed by atoms with E-state index < -0.39 is 137 Å². The van der Waals surface area contributed by atoms with Gasteiger partial charge in [0.2, 0.25) is 0 Å². The number of Topliss-reactive ketones (excluding diaryl/α,β-unsaturated/α-hetero) is 1. The summed E-state index contributed by atoms with van der Waals surface area (Å²) in [4.78, 5) is 26.6. The first kappa shape index (κ1) is 44.2. The van der Waals surface area contributed by atoms with E-state index in [-0.39, 0.29) is 44.4 Å². The minimum absolute atomic E-state index is 0.00198. The SMILES string of the molecule is C[C@H]1CC2C3CCC4=CC(=O)C=C[C@]4(C)[C@@]3(F)[C@@H](O)C[C@]2(C)[C@@]1(O)C(=O)CC[C@H]1O[C@@H](O[C@@H]2[C@@H](O)[C@H](O[C@H]3O[C@H](CN)[C@@H](O)C[C@H]3N)[C@@H](N)C[C@H]2N)[C@H](O)[C@@H](N)[C@@H]1O. The molecular weight excluding hydrogens is 761 g/mol. The second-order valence-corrected chi connectivity index (χ2v) is 18.7. The van der Waals surface area contributed by atoms with Crippen LogP contribution in [0.15, 0.2) is 23.8 Å². The molecule has 328 valence electrons. The predicted molar refractivity (Wildman–Crippen MR) is 203 cm³/mol. The zero-order valence-electron chi connectivity index (χ0n) is 33.4. The van der Waals surface area contributed by atoms with Crippen molar-refractivity contribution >= 4 is 11.6 Å². The molecule has 2 saturated heterocycles. The lowest BCUT2D eigenvalue weighted by Gasteiger charge is -2.62. The van der Waals surface area contributed by atoms with E-state index in [9.17, 15) is 40.2 Å². The number of aliphatic hydroxyl groups excluding tert-OH is 5. The van der Waals surface area contributed by atoms with Crippen LogP contribution < -0.4 is 28.7 Å². The topological polar surface area (TPSA) is 323 Å². The average molecular weight is 826 g/mol. The van der Waals surface area contributed by atoms with Crippen molar-refractivity contribution in [1.82, 2.24) is 0 Å². The van der Waals surface area contributed by atoms with E-state index in [0.29, 0.717) is 24.8 Å². The van der Waals surface area contributed by atoms with Gasteiger partial charge in [0.25, 0.3) is 0 Å². The van der Waals surface area contributed by atoms with E-state index in [2.05, 4.69) is 0 Å². The van der Waals surface area contributed by atoms with E-state index in [4.69, 9.17) is 47.6 Å². The van der Waals surface area contributed by atoms with E-state index in [1.165, 1.54) is 12.2 Å². The zero-order chi connectivity index (χ0) is 42.4. The Balaban J connectivity index is 1.04. The standard InChI is InChI=1S/C40H64FN5O12/c1-16-10-20-19-5-4-17-11-18(47)8-9-37(17,2)39(19,41)28(50)14-38(20,3)40(16,54)27(49)7-6-25-30(51)29(46)31(52)36(55-25)58-34-22(44)12-21(43)33(32(34)53)57-35-23(45)13-24(48)26(15-42)56-35/h8-9,11,16,19-26,28-36,48,50-54H,4-7,10,12-15,42-46H2,1-3H3/t16-,19?,20?,21-,22+,23+,24-,25+,26+,28-,29-,30+,31+,32-,33+,34-,35+,36-,37-,38-,39-,40-/m0/s1. The van der Waals surface area contributed by atoms with Gasteiger partial charge in [-0.05, 0) is 75.9 Å². The van der Waals surface area contributed by atoms with E-state index >= 15 is 4.39 Å². The molecule has 7 rings (SSSR count). The Morgan fingerprint density at radius 1 is 0.897 bits per heavy atom. The van der Waals surface area contributed by atoms with Gasteiger partial charge in [0.1, 0.15) is 30.0 Å². The molecular formula is C40H64FN5O12. The van der Waals surface area contributed by atoms with Crippen molar-refractivity contribution in [3.05, 3.63) is 23.8 Å². The Morgan fingerprint density at radius 3 is 2.19 bits per heavy atom. The second-order valence-electron chi connectivity index (χ2n) is 18.7. The Kier molecular flexibility index (Phi) is 12.0. The van der Waals surface area contributed by atoms with Crippen molar-refractivity contribution in [2.24, 2.45) is 57.3 Å². The fourth-order valence-corrected chi connectivity index (χ4v) is 12.1. The van der Waals surface area contributed by atoms with Crippen LogP contribution >= 0.6 is 0 Å². The van der Waals surface area contributed by atoms with Crippen LogP contribution in [0.2, 0.25) is 0 Å². The maximum Gasteiger partial charge on any atom is 0.186 e. The van der Waals surface area contributed by atoms with E-state index in [1.54, 1.807) is 26.8 Å². The van der Waals surface area contributed by atoms with Gasteiger partial charge in [-0.2, -0.15) is 0 Å². The van der Waals surface area contributed by atoms with Crippen LogP contribution in [0, 0.1) is 28.6 Å². The Hall–Kier alpha value is -1.85. The highest BCUT2D eigenvalue weighted by atomic mass is 19.1. The number of ketones is 2. The van der Waals surface area contributed by atoms with Gasteiger partial charge in [-0.15, -0.1) is 0 Å². The lowest BCUT2D eigenvalue weighted by molar-refractivity contribution is -0.313. The molecule has 17 nitrogen and oxygen atoms in total. The van der Waals surface area contributed by atoms with Crippen LogP contribution in [0.3, 0.4) is 0 Å². The summed E-state index contributed by atoms with van der Waals surface area (Å²) in [5.41, 5.74) is 25.0. The highest BCUT2D eigenvalue weighted by molar-refractivity contribution is 6.01. The molecule has 0 amide bonds. The first-order valence-electron chi connectivity index (χ1n) is 20.8. The first-order valence-corrected chi connectivity index (χ1v) is 20.8. The Bertz CT molecular complexity index is 1650. The number of hydrogen-bond donors (Lipinski definition) is 11. The molecule has 2 heterocycles. The number of aliphatic hydroxyl groups is 6. The molecule has 0 spiro atoms. The van der Waals surface area contributed by atoms with Crippen LogP contribution in [0.25, 0.3) is 0 Å². The summed E-state index contributed by atoms with van der Waals surface area (Å²) >= 11 is 0. The molecule has 0 aromatic heterocycles. The van der Waals surface area contributed by atoms with Gasteiger partial charge < -0.3 is 78.3 Å². The third-order valence-electron chi connectivity index (χ3n) is 15.5. The number of halogens is 1. The molecule has 0 aromatic carbocycles. The molecule has 7 aliphatic rings. The number of alkyl halides is 1. The molecule has 18 heteroatoms. The predicted octanol–water partition coefficient (Wildman–Crippen LogP) is -2.59. The van der Waals surface area contributed by atoms with Crippen LogP contribution in [-0.2, 0) is 28.5 Å². The Labute approximate surface area is 337 Å². The normalized spacial score (nSPS) is 54.3. The van der Waals surface area contributed by atoms with Gasteiger partial charge in [0.15, 0.2) is 29.8 Å². The lowest BCUT2D eigenvalue weighted by atomic mass is 9.44. The average Bonchev–Trinajstić information content (AvgIpc) is 3.37. The number of fused-ring (bicyclic) bond motifs is 5. The summed E-state index contributed by atoms with van der Waals surface area (Å²) < 4.78 is 41.6. The summed E-state index contributed by atoms with van der Waals surface area (Å²) in [5, 5.41) is 68.2. The van der Waals surface area contributed by atoms with Crippen molar-refractivity contribution < 1.29 is 63.6 Å². The van der Waals surface area contributed by atoms with E-state index in [0.717, 1.165) is 0 Å². The van der Waals surface area contributed by atoms with Crippen LogP contribution in [0.1, 0.15) is 72.1 Å². The zero-order valence-corrected chi connectivity index (χ0v) is 33.4. The van der Waals surface area contributed by atoms with Crippen molar-refractivity contribution in [2.45, 2.75) is 175 Å². The maximum atomic E-state index is 17.6. The summed E-state index contributed by atoms with van der Waals surface area (Å²) in [6.45, 7) is 5.20. The first-order chi connectivity index (χ1) is 27.1. The third kappa shape index (κ3) is 6.70. The van der Waals surface area contributed by atoms with Gasteiger partial charge in [-0.1, -0.05) is 25.5 Å². The van der Waals surface area contributed by atoms with Crippen molar-refractivity contribution in [3.8, 4) is 0 Å². The van der Waals surface area contributed by atoms with Gasteiger partial charge in [-0.25, -0.2) is 4.39 Å². The molecule has 0 bridgehead atoms. The molecule has 4 saturated carbocycles. The molecule has 2 aliphatic heterocycles. The number of carbonyl (C=O) groups is 2. The van der Waals surface area contributed by atoms with Gasteiger partial charge in [-0.3, -0.25) is 9.59 Å². The highest BCUT2D eigenvalue weighted by Crippen LogP contribution is 2.70. The van der Waals surface area contributed by atoms with Gasteiger partial charge >= 0.3 is 0 Å². The third-order valence-corrected chi connectivity index (χ3v) is 15.5. The van der Waals surface area contributed by atoms with Crippen molar-refractivity contribution in [3.63, 3.8) is 0 Å². The lowest BCUT2D eigenvalue weighted by Crippen LogP contribution is -2.69. The summed E-state index contributed by atoms with van der Waals surface area (Å²) in [5.74, 6) is -2.55. The van der Waals surface area contributed by atoms with Crippen LogP contribution in [0.5, 0.6) is 0 Å². The van der Waals surface area contributed by atoms with Crippen molar-refractivity contribution in [1.29, 1.82) is 0 Å². The van der Waals surface area contributed by atoms with Gasteiger partial charge in [0, 0.05) is 41.8 Å². The number of allylic oxidation sites excluding steroid dienone is 4. The van der Waals surface area contributed by atoms with Crippen molar-refractivity contribution in [2.75, 3.05) is 6.54 Å². The molecule has 16 N–H and O–H groups in total. The fourth-order valence-electron chi connectivity index (χ4n) is 12.1. The second kappa shape index (κ2) is 15.8. The molecule has 22 atom stereocenters. The number of nitrogens with two attached hydrogens (primary N) is 5. The van der Waals surface area contributed by atoms with Crippen LogP contribution in [-0.4, -0.2) is 152 Å². The van der Waals surface area contributed by atoms with Crippen LogP contribution in [0.4, 0.5) is 4.39 Å². The smallest absolute Gasteiger partial charge is 0.186 e. The molecule has 2 unspecified atom stereocenters. The number of ether oxygens (including phenoxy) is 4. The number of hydrogen-bond acceptors (Lipinski definition) is 17. The summed E-state index contributed by atoms with van der Waals surface area (Å²) in [6.07, 6.45) is -8.75. The molecule has 0 aromatic rings. The number of rotatable bonds is 9. The fraction of sp³-hybridized carbons (Fsp3) is 0.850. The quantitative estimate of drug-likeness (QED) is 0.114. The number of carbonyl (C=O) groups excluding carboxylic acids is 2. The minimum Gasteiger partial charge on any atom is -0.390 e.